The van der Waals surface area contributed by atoms with E-state index in [1.54, 1.807) is 18.4 Å². The highest BCUT2D eigenvalue weighted by atomic mass is 35.5. The van der Waals surface area contributed by atoms with Crippen LogP contribution in [-0.2, 0) is 16.1 Å². The molecule has 2 amide bonds. The van der Waals surface area contributed by atoms with E-state index in [1.807, 2.05) is 44.7 Å². The molecule has 4 heterocycles. The van der Waals surface area contributed by atoms with Gasteiger partial charge in [-0.25, -0.2) is 14.8 Å². The van der Waals surface area contributed by atoms with Crippen LogP contribution in [0, 0.1) is 18.8 Å². The number of methoxy groups -OCH3 is 1. The number of fused-ring (bicyclic) bond motifs is 1. The molecule has 1 N–H and O–H groups in total. The minimum atomic E-state index is -0.449. The number of carbonyl (C=O) groups is 2. The number of hydrogen-bond donors (Lipinski definition) is 1. The number of amides is 2. The number of benzene rings is 2. The molecule has 1 atom stereocenters. The molecule has 13 heteroatoms. The van der Waals surface area contributed by atoms with Crippen molar-refractivity contribution in [3.63, 3.8) is 0 Å². The number of aryl methyl sites for hydroxylation is 1. The number of piperidine rings is 1. The molecule has 11 nitrogen and oxygen atoms in total. The summed E-state index contributed by atoms with van der Waals surface area (Å²) < 4.78 is 11.6. The molecule has 4 aromatic rings. The van der Waals surface area contributed by atoms with Crippen LogP contribution in [0.25, 0.3) is 22.0 Å². The number of piperazine rings is 1. The quantitative estimate of drug-likeness (QED) is 0.124. The number of halogens is 1. The van der Waals surface area contributed by atoms with Crippen LogP contribution in [0.2, 0.25) is 5.02 Å². The highest BCUT2D eigenvalue weighted by molar-refractivity contribution is 7.10. The van der Waals surface area contributed by atoms with Gasteiger partial charge in [0.15, 0.2) is 0 Å². The molecule has 63 heavy (non-hydrogen) atoms. The van der Waals surface area contributed by atoms with E-state index in [4.69, 9.17) is 31.0 Å². The zero-order chi connectivity index (χ0) is 44.8. The van der Waals surface area contributed by atoms with Gasteiger partial charge in [0.2, 0.25) is 5.91 Å². The Labute approximate surface area is 384 Å². The second-order valence-electron chi connectivity index (χ2n) is 19.5. The maximum Gasteiger partial charge on any atom is 0.410 e. The van der Waals surface area contributed by atoms with Crippen LogP contribution >= 0.6 is 22.9 Å². The minimum absolute atomic E-state index is 0.00290. The first-order valence-corrected chi connectivity index (χ1v) is 24.5. The van der Waals surface area contributed by atoms with E-state index < -0.39 is 5.60 Å². The summed E-state index contributed by atoms with van der Waals surface area (Å²) in [6.45, 7) is 16.9. The average molecular weight is 901 g/mol. The van der Waals surface area contributed by atoms with Gasteiger partial charge in [0.05, 0.1) is 18.7 Å². The molecule has 0 unspecified atom stereocenters. The summed E-state index contributed by atoms with van der Waals surface area (Å²) in [6.07, 6.45) is 9.22. The summed E-state index contributed by atoms with van der Waals surface area (Å²) in [5.41, 5.74) is 5.01. The van der Waals surface area contributed by atoms with Crippen LogP contribution in [-0.4, -0.2) is 114 Å². The number of likely N-dealkylation sites (tertiary alicyclic amines) is 1. The standard InChI is InChI=1S/C50H70ClN7O4S/c1-33(45-28-39(32-63-45)46-38(31-55(6)7)13-11-14-42(46)51)52-47-41-29-40(44(61-8)30-43(41)53-34(2)54-47)36-15-17-37(18-16-36)48(59)57-26-24-56(25-27-57)21-10-9-12-35-19-22-58(23-20-35)49(60)62-50(3,4)5/h11,13-14,28-30,32-33,35-37H,9-10,12,15-27,31H2,1-8H3,(H,52,53,54)/t33-,36?,37?/m1/s1. The van der Waals surface area contributed by atoms with Gasteiger partial charge in [-0.1, -0.05) is 36.6 Å². The molecule has 0 spiro atoms. The number of nitrogens with zero attached hydrogens (tertiary/aromatic N) is 6. The highest BCUT2D eigenvalue weighted by Gasteiger charge is 2.33. The van der Waals surface area contributed by atoms with Crippen molar-refractivity contribution < 1.29 is 19.1 Å². The van der Waals surface area contributed by atoms with Crippen molar-refractivity contribution in [1.82, 2.24) is 29.6 Å². The maximum absolute atomic E-state index is 13.8. The molecule has 2 aliphatic heterocycles. The zero-order valence-corrected chi connectivity index (χ0v) is 40.5. The Morgan fingerprint density at radius 1 is 0.952 bits per heavy atom. The van der Waals surface area contributed by atoms with Crippen LogP contribution in [0.3, 0.4) is 0 Å². The number of carbonyl (C=O) groups excluding carboxylic acids is 2. The van der Waals surface area contributed by atoms with Gasteiger partial charge >= 0.3 is 6.09 Å². The normalized spacial score (nSPS) is 19.7. The van der Waals surface area contributed by atoms with Gasteiger partial charge in [0.25, 0.3) is 0 Å². The van der Waals surface area contributed by atoms with Crippen LogP contribution in [0.15, 0.2) is 41.8 Å². The first-order valence-electron chi connectivity index (χ1n) is 23.3. The molecule has 3 fully saturated rings. The van der Waals surface area contributed by atoms with Gasteiger partial charge in [-0.05, 0) is 152 Å². The molecule has 342 valence electrons. The maximum atomic E-state index is 13.8. The monoisotopic (exact) mass is 899 g/mol. The van der Waals surface area contributed by atoms with E-state index in [0.29, 0.717) is 23.6 Å². The lowest BCUT2D eigenvalue weighted by molar-refractivity contribution is -0.138. The molecule has 7 rings (SSSR count). The van der Waals surface area contributed by atoms with Crippen LogP contribution < -0.4 is 10.1 Å². The molecule has 1 saturated carbocycles. The molecule has 2 saturated heterocycles. The Kier molecular flexibility index (Phi) is 15.6. The number of hydrogen-bond acceptors (Lipinski definition) is 10. The van der Waals surface area contributed by atoms with Crippen molar-refractivity contribution in [3.05, 3.63) is 68.6 Å². The van der Waals surface area contributed by atoms with Crippen molar-refractivity contribution in [1.29, 1.82) is 0 Å². The molecule has 2 aromatic heterocycles. The Hall–Kier alpha value is -3.97. The zero-order valence-electron chi connectivity index (χ0n) is 39.0. The van der Waals surface area contributed by atoms with E-state index in [2.05, 4.69) is 70.7 Å². The van der Waals surface area contributed by atoms with Crippen molar-refractivity contribution in [3.8, 4) is 16.9 Å². The van der Waals surface area contributed by atoms with Gasteiger partial charge in [-0.2, -0.15) is 0 Å². The molecule has 1 aliphatic carbocycles. The number of ether oxygens (including phenoxy) is 2. The first-order chi connectivity index (χ1) is 30.1. The van der Waals surface area contributed by atoms with Gasteiger partial charge < -0.3 is 29.5 Å². The highest BCUT2D eigenvalue weighted by Crippen LogP contribution is 2.43. The molecular weight excluding hydrogens is 830 g/mol. The molecule has 2 aromatic carbocycles. The third-order valence-corrected chi connectivity index (χ3v) is 14.7. The van der Waals surface area contributed by atoms with E-state index in [1.165, 1.54) is 35.3 Å². The lowest BCUT2D eigenvalue weighted by Crippen LogP contribution is -2.50. The fourth-order valence-electron chi connectivity index (χ4n) is 9.85. The minimum Gasteiger partial charge on any atom is -0.496 e. The van der Waals surface area contributed by atoms with Crippen molar-refractivity contribution >= 4 is 51.7 Å². The summed E-state index contributed by atoms with van der Waals surface area (Å²) in [6, 6.07) is 12.7. The third-order valence-electron chi connectivity index (χ3n) is 13.2. The lowest BCUT2D eigenvalue weighted by atomic mass is 9.77. The number of unbranched alkanes of at least 4 members (excludes halogenated alkanes) is 1. The third kappa shape index (κ3) is 12.0. The molecule has 0 radical (unpaired) electrons. The number of anilines is 1. The topological polar surface area (TPSA) is 103 Å². The van der Waals surface area contributed by atoms with Crippen molar-refractivity contribution in [2.75, 3.05) is 72.3 Å². The Morgan fingerprint density at radius 3 is 2.37 bits per heavy atom. The van der Waals surface area contributed by atoms with E-state index >= 15 is 0 Å². The summed E-state index contributed by atoms with van der Waals surface area (Å²) in [7, 11) is 5.90. The predicted molar refractivity (Wildman–Crippen MR) is 257 cm³/mol. The number of thiophene rings is 1. The molecule has 0 bridgehead atoms. The average Bonchev–Trinajstić information content (AvgIpc) is 3.74. The summed E-state index contributed by atoms with van der Waals surface area (Å²) in [5.74, 6) is 3.76. The largest absolute Gasteiger partial charge is 0.496 e. The SMILES string of the molecule is COc1cc2nc(C)nc(N[C@H](C)c3cc(-c4c(Cl)cccc4CN(C)C)cs3)c2cc1C1CCC(C(=O)N2CCN(CCCCC3CCN(C(=O)OC(C)(C)C)CC3)CC2)CC1. The van der Waals surface area contributed by atoms with Crippen molar-refractivity contribution in [2.45, 2.75) is 117 Å². The predicted octanol–water partition coefficient (Wildman–Crippen LogP) is 10.8. The van der Waals surface area contributed by atoms with E-state index in [0.717, 1.165) is 130 Å². The van der Waals surface area contributed by atoms with Crippen LogP contribution in [0.5, 0.6) is 5.75 Å². The van der Waals surface area contributed by atoms with Gasteiger partial charge in [-0.15, -0.1) is 11.3 Å². The Bertz CT molecular complexity index is 2180. The second kappa shape index (κ2) is 20.9. The summed E-state index contributed by atoms with van der Waals surface area (Å²) >= 11 is 8.51. The number of rotatable bonds is 14. The number of nitrogens with one attached hydrogen (secondary N) is 1. The van der Waals surface area contributed by atoms with Gasteiger partial charge in [0, 0.05) is 78.6 Å². The van der Waals surface area contributed by atoms with E-state index in [9.17, 15) is 9.59 Å². The summed E-state index contributed by atoms with van der Waals surface area (Å²) in [5, 5.41) is 7.69. The van der Waals surface area contributed by atoms with E-state index in [-0.39, 0.29) is 18.1 Å². The van der Waals surface area contributed by atoms with Crippen LogP contribution in [0.4, 0.5) is 10.6 Å². The second-order valence-corrected chi connectivity index (χ2v) is 20.8. The smallest absolute Gasteiger partial charge is 0.410 e. The molecular formula is C50H70ClN7O4S. The fourth-order valence-corrected chi connectivity index (χ4v) is 11.1. The van der Waals surface area contributed by atoms with Crippen molar-refractivity contribution in [2.24, 2.45) is 11.8 Å². The fraction of sp³-hybridized carbons (Fsp3) is 0.600. The van der Waals surface area contributed by atoms with Gasteiger partial charge in [0.1, 0.15) is 23.0 Å². The molecule has 3 aliphatic rings. The number of aromatic nitrogens is 2. The Balaban J connectivity index is 0.899. The lowest BCUT2D eigenvalue weighted by Gasteiger charge is -2.38. The summed E-state index contributed by atoms with van der Waals surface area (Å²) in [4.78, 5) is 45.9. The first kappa shape index (κ1) is 47.0. The van der Waals surface area contributed by atoms with Crippen LogP contribution in [0.1, 0.15) is 119 Å². The Morgan fingerprint density at radius 2 is 1.68 bits per heavy atom. The van der Waals surface area contributed by atoms with Gasteiger partial charge in [-0.3, -0.25) is 9.69 Å².